The monoisotopic (exact) mass is 409 g/mol. The molecule has 0 aliphatic carbocycles. The summed E-state index contributed by atoms with van der Waals surface area (Å²) in [5, 5.41) is 2.81. The van der Waals surface area contributed by atoms with Crippen LogP contribution in [0.25, 0.3) is 0 Å². The summed E-state index contributed by atoms with van der Waals surface area (Å²) in [7, 11) is 3.32. The zero-order chi connectivity index (χ0) is 19.8. The summed E-state index contributed by atoms with van der Waals surface area (Å²) < 4.78 is 5.85. The van der Waals surface area contributed by atoms with Crippen LogP contribution in [0.4, 0.5) is 5.69 Å². The Hall–Kier alpha value is -2.09. The highest BCUT2D eigenvalue weighted by molar-refractivity contribution is 7.16. The SMILES string of the molecule is CCN(Cc1ccc(Cl)s1)C(=O)CN(C)CC(=O)Nc1cccc(OC)c1. The van der Waals surface area contributed by atoms with Crippen molar-refractivity contribution in [1.29, 1.82) is 0 Å². The number of nitrogens with zero attached hydrogens (tertiary/aromatic N) is 2. The summed E-state index contributed by atoms with van der Waals surface area (Å²) in [6.45, 7) is 3.33. The highest BCUT2D eigenvalue weighted by Gasteiger charge is 2.17. The van der Waals surface area contributed by atoms with Gasteiger partial charge in [0.2, 0.25) is 11.8 Å². The molecule has 0 aliphatic heterocycles. The maximum atomic E-state index is 12.5. The van der Waals surface area contributed by atoms with E-state index < -0.39 is 0 Å². The molecule has 2 aromatic rings. The van der Waals surface area contributed by atoms with Crippen LogP contribution in [0.15, 0.2) is 36.4 Å². The molecular formula is C19H24ClN3O3S. The topological polar surface area (TPSA) is 61.9 Å². The van der Waals surface area contributed by atoms with Gasteiger partial charge in [0, 0.05) is 23.2 Å². The molecular weight excluding hydrogens is 386 g/mol. The van der Waals surface area contributed by atoms with Crippen molar-refractivity contribution in [1.82, 2.24) is 9.80 Å². The van der Waals surface area contributed by atoms with E-state index in [0.29, 0.717) is 28.9 Å². The molecule has 0 bridgehead atoms. The van der Waals surface area contributed by atoms with E-state index in [1.807, 2.05) is 19.1 Å². The first-order valence-electron chi connectivity index (χ1n) is 8.55. The quantitative estimate of drug-likeness (QED) is 0.690. The van der Waals surface area contributed by atoms with Crippen LogP contribution in [0.2, 0.25) is 4.34 Å². The van der Waals surface area contributed by atoms with Gasteiger partial charge in [-0.15, -0.1) is 11.3 Å². The normalized spacial score (nSPS) is 10.7. The zero-order valence-electron chi connectivity index (χ0n) is 15.7. The average Bonchev–Trinajstić information content (AvgIpc) is 3.04. The van der Waals surface area contributed by atoms with Crippen LogP contribution >= 0.6 is 22.9 Å². The molecule has 146 valence electrons. The lowest BCUT2D eigenvalue weighted by atomic mass is 10.3. The Balaban J connectivity index is 1.84. The fraction of sp³-hybridized carbons (Fsp3) is 0.368. The number of halogens is 1. The van der Waals surface area contributed by atoms with Crippen molar-refractivity contribution in [3.05, 3.63) is 45.6 Å². The van der Waals surface area contributed by atoms with Crippen molar-refractivity contribution in [2.24, 2.45) is 0 Å². The molecule has 6 nitrogen and oxygen atoms in total. The number of hydrogen-bond acceptors (Lipinski definition) is 5. The molecule has 0 saturated heterocycles. The minimum atomic E-state index is -0.188. The van der Waals surface area contributed by atoms with Gasteiger partial charge in [-0.1, -0.05) is 17.7 Å². The second-order valence-corrected chi connectivity index (χ2v) is 7.87. The van der Waals surface area contributed by atoms with Crippen LogP contribution in [-0.4, -0.2) is 55.4 Å². The Morgan fingerprint density at radius 1 is 1.22 bits per heavy atom. The second-order valence-electron chi connectivity index (χ2n) is 6.07. The van der Waals surface area contributed by atoms with Gasteiger partial charge in [-0.3, -0.25) is 14.5 Å². The molecule has 1 N–H and O–H groups in total. The molecule has 1 aromatic carbocycles. The molecule has 1 aromatic heterocycles. The van der Waals surface area contributed by atoms with Crippen LogP contribution in [0, 0.1) is 0 Å². The number of benzene rings is 1. The Kier molecular flexibility index (Phi) is 8.09. The van der Waals surface area contributed by atoms with Crippen LogP contribution in [0.5, 0.6) is 5.75 Å². The summed E-state index contributed by atoms with van der Waals surface area (Å²) in [5.41, 5.74) is 0.656. The first-order valence-corrected chi connectivity index (χ1v) is 9.75. The molecule has 0 radical (unpaired) electrons. The number of carbonyl (C=O) groups is 2. The fourth-order valence-corrected chi connectivity index (χ4v) is 3.64. The number of carbonyl (C=O) groups excluding carboxylic acids is 2. The largest absolute Gasteiger partial charge is 0.497 e. The first-order chi connectivity index (χ1) is 12.9. The van der Waals surface area contributed by atoms with Crippen molar-refractivity contribution >= 4 is 40.4 Å². The summed E-state index contributed by atoms with van der Waals surface area (Å²) in [4.78, 5) is 29.2. The molecule has 27 heavy (non-hydrogen) atoms. The van der Waals surface area contributed by atoms with E-state index in [9.17, 15) is 9.59 Å². The molecule has 0 aliphatic rings. The zero-order valence-corrected chi connectivity index (χ0v) is 17.3. The molecule has 0 saturated carbocycles. The lowest BCUT2D eigenvalue weighted by molar-refractivity contribution is -0.132. The summed E-state index contributed by atoms with van der Waals surface area (Å²) in [5.74, 6) is 0.453. The van der Waals surface area contributed by atoms with Gasteiger partial charge in [-0.05, 0) is 38.2 Å². The van der Waals surface area contributed by atoms with Crippen LogP contribution in [-0.2, 0) is 16.1 Å². The third-order valence-electron chi connectivity index (χ3n) is 3.88. The maximum absolute atomic E-state index is 12.5. The highest BCUT2D eigenvalue weighted by Crippen LogP contribution is 2.22. The van der Waals surface area contributed by atoms with E-state index in [0.717, 1.165) is 4.88 Å². The number of hydrogen-bond donors (Lipinski definition) is 1. The predicted octanol–water partition coefficient (Wildman–Crippen LogP) is 3.33. The molecule has 1 heterocycles. The average molecular weight is 410 g/mol. The first kappa shape index (κ1) is 21.2. The summed E-state index contributed by atoms with van der Waals surface area (Å²) in [6, 6.07) is 10.9. The van der Waals surface area contributed by atoms with Gasteiger partial charge in [0.15, 0.2) is 0 Å². The summed E-state index contributed by atoms with van der Waals surface area (Å²) in [6.07, 6.45) is 0. The van der Waals surface area contributed by atoms with E-state index >= 15 is 0 Å². The highest BCUT2D eigenvalue weighted by atomic mass is 35.5. The van der Waals surface area contributed by atoms with Gasteiger partial charge in [0.25, 0.3) is 0 Å². The lowest BCUT2D eigenvalue weighted by Gasteiger charge is -2.23. The van der Waals surface area contributed by atoms with E-state index in [4.69, 9.17) is 16.3 Å². The molecule has 2 amide bonds. The Morgan fingerprint density at radius 3 is 2.63 bits per heavy atom. The van der Waals surface area contributed by atoms with Gasteiger partial charge < -0.3 is 15.0 Å². The number of rotatable bonds is 9. The van der Waals surface area contributed by atoms with Crippen LogP contribution in [0.3, 0.4) is 0 Å². The Labute approximate surface area is 168 Å². The smallest absolute Gasteiger partial charge is 0.238 e. The van der Waals surface area contributed by atoms with E-state index in [-0.39, 0.29) is 24.9 Å². The summed E-state index contributed by atoms with van der Waals surface area (Å²) >= 11 is 7.41. The molecule has 2 rings (SSSR count). The van der Waals surface area contributed by atoms with Crippen molar-refractivity contribution < 1.29 is 14.3 Å². The predicted molar refractivity (Wildman–Crippen MR) is 110 cm³/mol. The van der Waals surface area contributed by atoms with Gasteiger partial charge in [-0.25, -0.2) is 0 Å². The van der Waals surface area contributed by atoms with E-state index in [1.165, 1.54) is 11.3 Å². The molecule has 0 unspecified atom stereocenters. The third kappa shape index (κ3) is 6.86. The van der Waals surface area contributed by atoms with Crippen molar-refractivity contribution in [2.75, 3.05) is 39.1 Å². The van der Waals surface area contributed by atoms with Crippen molar-refractivity contribution in [3.8, 4) is 5.75 Å². The fourth-order valence-electron chi connectivity index (χ4n) is 2.53. The van der Waals surface area contributed by atoms with Gasteiger partial charge in [0.05, 0.1) is 31.1 Å². The van der Waals surface area contributed by atoms with E-state index in [2.05, 4.69) is 5.32 Å². The third-order valence-corrected chi connectivity index (χ3v) is 5.10. The number of nitrogens with one attached hydrogen (secondary N) is 1. The number of amides is 2. The number of thiophene rings is 1. The van der Waals surface area contributed by atoms with Crippen molar-refractivity contribution in [3.63, 3.8) is 0 Å². The van der Waals surface area contributed by atoms with Crippen molar-refractivity contribution in [2.45, 2.75) is 13.5 Å². The maximum Gasteiger partial charge on any atom is 0.238 e. The van der Waals surface area contributed by atoms with Gasteiger partial charge in [-0.2, -0.15) is 0 Å². The number of ether oxygens (including phenoxy) is 1. The Morgan fingerprint density at radius 2 is 2.00 bits per heavy atom. The van der Waals surface area contributed by atoms with Gasteiger partial charge in [0.1, 0.15) is 5.75 Å². The Bertz CT molecular complexity index is 781. The molecule has 0 atom stereocenters. The standard InChI is InChI=1S/C19H24ClN3O3S/c1-4-23(11-16-8-9-17(20)27-16)19(25)13-22(2)12-18(24)21-14-6-5-7-15(10-14)26-3/h5-10H,4,11-13H2,1-3H3,(H,21,24). The lowest BCUT2D eigenvalue weighted by Crippen LogP contribution is -2.41. The minimum Gasteiger partial charge on any atom is -0.497 e. The molecule has 8 heteroatoms. The minimum absolute atomic E-state index is 0.0290. The number of methoxy groups -OCH3 is 1. The van der Waals surface area contributed by atoms with Crippen LogP contribution in [0.1, 0.15) is 11.8 Å². The second kappa shape index (κ2) is 10.3. The van der Waals surface area contributed by atoms with E-state index in [1.54, 1.807) is 48.2 Å². The van der Waals surface area contributed by atoms with Gasteiger partial charge >= 0.3 is 0 Å². The molecule has 0 fully saturated rings. The molecule has 0 spiro atoms. The van der Waals surface area contributed by atoms with Crippen LogP contribution < -0.4 is 10.1 Å². The number of anilines is 1. The number of likely N-dealkylation sites (N-methyl/N-ethyl adjacent to an activating group) is 2.